The molecule has 2 unspecified atom stereocenters. The van der Waals surface area contributed by atoms with E-state index in [0.717, 1.165) is 12.8 Å². The maximum Gasteiger partial charge on any atom is 0.0542 e. The van der Waals surface area contributed by atoms with Crippen molar-refractivity contribution < 1.29 is 5.11 Å². The van der Waals surface area contributed by atoms with Crippen molar-refractivity contribution in [3.8, 4) is 0 Å². The SMILES string of the molecule is CCCCCCCCCCCCCCCCC(C)CC(O)CCCCCCCCCCCCCCCC. The first kappa shape index (κ1) is 37.0. The number of aliphatic hydroxyl groups is 1. The van der Waals surface area contributed by atoms with Gasteiger partial charge in [-0.2, -0.15) is 0 Å². The Bertz CT molecular complexity index is 356. The summed E-state index contributed by atoms with van der Waals surface area (Å²) in [4.78, 5) is 0. The maximum atomic E-state index is 10.4. The van der Waals surface area contributed by atoms with Crippen molar-refractivity contribution in [2.45, 2.75) is 226 Å². The number of aliphatic hydroxyl groups excluding tert-OH is 1. The van der Waals surface area contributed by atoms with Crippen LogP contribution in [0, 0.1) is 5.92 Å². The van der Waals surface area contributed by atoms with Crippen molar-refractivity contribution in [2.75, 3.05) is 0 Å². The average molecular weight is 523 g/mol. The molecule has 0 aromatic carbocycles. The molecule has 0 aromatic rings. The summed E-state index contributed by atoms with van der Waals surface area (Å²) in [6, 6.07) is 0. The fraction of sp³-hybridized carbons (Fsp3) is 1.00. The molecule has 0 fully saturated rings. The van der Waals surface area contributed by atoms with Crippen LogP contribution in [0.15, 0.2) is 0 Å². The molecule has 224 valence electrons. The molecule has 1 N–H and O–H groups in total. The van der Waals surface area contributed by atoms with Crippen LogP contribution in [0.5, 0.6) is 0 Å². The van der Waals surface area contributed by atoms with E-state index in [1.165, 1.54) is 186 Å². The fourth-order valence-corrected chi connectivity index (χ4v) is 5.96. The van der Waals surface area contributed by atoms with Gasteiger partial charge in [-0.05, 0) is 18.8 Å². The molecule has 0 radical (unpaired) electrons. The van der Waals surface area contributed by atoms with Gasteiger partial charge in [0.15, 0.2) is 0 Å². The van der Waals surface area contributed by atoms with Gasteiger partial charge >= 0.3 is 0 Å². The maximum absolute atomic E-state index is 10.4. The van der Waals surface area contributed by atoms with Crippen molar-refractivity contribution in [1.29, 1.82) is 0 Å². The minimum Gasteiger partial charge on any atom is -0.393 e. The van der Waals surface area contributed by atoms with E-state index in [-0.39, 0.29) is 6.10 Å². The second-order valence-electron chi connectivity index (χ2n) is 12.8. The molecule has 0 aliphatic carbocycles. The van der Waals surface area contributed by atoms with Gasteiger partial charge in [-0.15, -0.1) is 0 Å². The standard InChI is InChI=1S/C36H74O/c1-4-6-8-10-12-14-16-18-20-22-24-26-28-30-32-35(3)34-36(37)33-31-29-27-25-23-21-19-17-15-13-11-9-7-5-2/h35-37H,4-34H2,1-3H3. The van der Waals surface area contributed by atoms with Gasteiger partial charge in [-0.25, -0.2) is 0 Å². The topological polar surface area (TPSA) is 20.2 Å². The van der Waals surface area contributed by atoms with Crippen LogP contribution >= 0.6 is 0 Å². The predicted octanol–water partition coefficient (Wildman–Crippen LogP) is 13.1. The fourth-order valence-electron chi connectivity index (χ4n) is 5.96. The molecular formula is C36H74O. The molecule has 0 amide bonds. The zero-order valence-electron chi connectivity index (χ0n) is 26.5. The Hall–Kier alpha value is -0.0400. The molecule has 0 rings (SSSR count). The Morgan fingerprint density at radius 3 is 0.892 bits per heavy atom. The van der Waals surface area contributed by atoms with Crippen LogP contribution in [0.1, 0.15) is 220 Å². The largest absolute Gasteiger partial charge is 0.393 e. The highest BCUT2D eigenvalue weighted by Gasteiger charge is 2.10. The summed E-state index contributed by atoms with van der Waals surface area (Å²) in [5, 5.41) is 10.4. The Labute approximate surface area is 236 Å². The summed E-state index contributed by atoms with van der Waals surface area (Å²) in [5.41, 5.74) is 0. The van der Waals surface area contributed by atoms with Crippen LogP contribution in [-0.2, 0) is 0 Å². The Kier molecular flexibility index (Phi) is 32.1. The third kappa shape index (κ3) is 32.1. The molecule has 0 saturated heterocycles. The number of rotatable bonds is 32. The van der Waals surface area contributed by atoms with Gasteiger partial charge in [0.25, 0.3) is 0 Å². The highest BCUT2D eigenvalue weighted by molar-refractivity contribution is 4.63. The molecule has 0 aliphatic heterocycles. The summed E-state index contributed by atoms with van der Waals surface area (Å²) in [5.74, 6) is 0.693. The monoisotopic (exact) mass is 523 g/mol. The van der Waals surface area contributed by atoms with Crippen LogP contribution in [-0.4, -0.2) is 11.2 Å². The molecule has 1 heteroatoms. The number of unbranched alkanes of at least 4 members (excludes halogenated alkanes) is 26. The van der Waals surface area contributed by atoms with Gasteiger partial charge < -0.3 is 5.11 Å². The second-order valence-corrected chi connectivity index (χ2v) is 12.8. The van der Waals surface area contributed by atoms with E-state index in [4.69, 9.17) is 0 Å². The van der Waals surface area contributed by atoms with E-state index < -0.39 is 0 Å². The lowest BCUT2D eigenvalue weighted by molar-refractivity contribution is 0.130. The lowest BCUT2D eigenvalue weighted by Crippen LogP contribution is -2.11. The van der Waals surface area contributed by atoms with Gasteiger partial charge in [0.05, 0.1) is 6.10 Å². The van der Waals surface area contributed by atoms with E-state index in [0.29, 0.717) is 5.92 Å². The first-order chi connectivity index (χ1) is 18.2. The van der Waals surface area contributed by atoms with Gasteiger partial charge in [0, 0.05) is 0 Å². The zero-order chi connectivity index (χ0) is 27.1. The van der Waals surface area contributed by atoms with Crippen molar-refractivity contribution in [1.82, 2.24) is 0 Å². The molecule has 2 atom stereocenters. The highest BCUT2D eigenvalue weighted by atomic mass is 16.3. The molecule has 1 nitrogen and oxygen atoms in total. The van der Waals surface area contributed by atoms with Crippen LogP contribution in [0.3, 0.4) is 0 Å². The van der Waals surface area contributed by atoms with E-state index in [9.17, 15) is 5.11 Å². The van der Waals surface area contributed by atoms with E-state index >= 15 is 0 Å². The second kappa shape index (κ2) is 32.2. The normalized spacial score (nSPS) is 13.3. The third-order valence-electron chi connectivity index (χ3n) is 8.62. The summed E-state index contributed by atoms with van der Waals surface area (Å²) >= 11 is 0. The molecule has 0 spiro atoms. The molecular weight excluding hydrogens is 448 g/mol. The smallest absolute Gasteiger partial charge is 0.0542 e. The Morgan fingerprint density at radius 2 is 0.595 bits per heavy atom. The summed E-state index contributed by atoms with van der Waals surface area (Å²) in [7, 11) is 0. The number of hydrogen-bond donors (Lipinski definition) is 1. The van der Waals surface area contributed by atoms with E-state index in [2.05, 4.69) is 20.8 Å². The Balaban J connectivity index is 3.27. The number of hydrogen-bond acceptors (Lipinski definition) is 1. The van der Waals surface area contributed by atoms with Crippen LogP contribution in [0.25, 0.3) is 0 Å². The van der Waals surface area contributed by atoms with Gasteiger partial charge in [0.2, 0.25) is 0 Å². The highest BCUT2D eigenvalue weighted by Crippen LogP contribution is 2.20. The van der Waals surface area contributed by atoms with Crippen molar-refractivity contribution in [3.63, 3.8) is 0 Å². The average Bonchev–Trinajstić information content (AvgIpc) is 2.89. The lowest BCUT2D eigenvalue weighted by atomic mass is 9.94. The third-order valence-corrected chi connectivity index (χ3v) is 8.62. The molecule has 0 bridgehead atoms. The van der Waals surface area contributed by atoms with E-state index in [1.807, 2.05) is 0 Å². The van der Waals surface area contributed by atoms with Crippen molar-refractivity contribution in [3.05, 3.63) is 0 Å². The van der Waals surface area contributed by atoms with Crippen LogP contribution < -0.4 is 0 Å². The molecule has 37 heavy (non-hydrogen) atoms. The first-order valence-corrected chi connectivity index (χ1v) is 17.9. The molecule has 0 aliphatic rings. The molecule has 0 aromatic heterocycles. The minimum absolute atomic E-state index is 0.0565. The summed E-state index contributed by atoms with van der Waals surface area (Å²) in [6.07, 6.45) is 43.1. The molecule has 0 saturated carbocycles. The van der Waals surface area contributed by atoms with Crippen LogP contribution in [0.2, 0.25) is 0 Å². The van der Waals surface area contributed by atoms with Crippen molar-refractivity contribution in [2.24, 2.45) is 5.92 Å². The van der Waals surface area contributed by atoms with Gasteiger partial charge in [-0.1, -0.05) is 207 Å². The summed E-state index contributed by atoms with van der Waals surface area (Å²) in [6.45, 7) is 6.95. The quantitative estimate of drug-likeness (QED) is 0.0871. The van der Waals surface area contributed by atoms with Gasteiger partial charge in [0.1, 0.15) is 0 Å². The Morgan fingerprint density at radius 1 is 0.351 bits per heavy atom. The van der Waals surface area contributed by atoms with E-state index in [1.54, 1.807) is 0 Å². The van der Waals surface area contributed by atoms with Crippen molar-refractivity contribution >= 4 is 0 Å². The lowest BCUT2D eigenvalue weighted by Gasteiger charge is -2.16. The predicted molar refractivity (Wildman–Crippen MR) is 170 cm³/mol. The van der Waals surface area contributed by atoms with Gasteiger partial charge in [-0.3, -0.25) is 0 Å². The molecule has 0 heterocycles. The minimum atomic E-state index is -0.0565. The summed E-state index contributed by atoms with van der Waals surface area (Å²) < 4.78 is 0. The van der Waals surface area contributed by atoms with Crippen LogP contribution in [0.4, 0.5) is 0 Å². The first-order valence-electron chi connectivity index (χ1n) is 17.9. The zero-order valence-corrected chi connectivity index (χ0v) is 26.5.